The summed E-state index contributed by atoms with van der Waals surface area (Å²) in [7, 11) is -0.348. The monoisotopic (exact) mass is 1640 g/mol. The molecule has 5 aromatic heterocycles. The average molecular weight is 1650 g/mol. The molecule has 4 N–H and O–H groups in total. The lowest BCUT2D eigenvalue weighted by Gasteiger charge is -2.32. The zero-order chi connectivity index (χ0) is 67.2. The van der Waals surface area contributed by atoms with Gasteiger partial charge >= 0.3 is 12.8 Å². The summed E-state index contributed by atoms with van der Waals surface area (Å²) >= 11 is 13.7. The second kappa shape index (κ2) is 33.3. The molecule has 6 fully saturated rings. The number of nitriles is 4. The molecule has 9 aromatic rings. The fourth-order valence-corrected chi connectivity index (χ4v) is 10.3. The molecular formula is C65H73BBr4IN16O5P. The number of fused-ring (bicyclic) bond motifs is 3. The third-order valence-corrected chi connectivity index (χ3v) is 16.0. The second-order valence-electron chi connectivity index (χ2n) is 23.4. The Hall–Kier alpha value is -6.37. The summed E-state index contributed by atoms with van der Waals surface area (Å²) in [6, 6.07) is 36.3. The predicted molar refractivity (Wildman–Crippen MR) is 390 cm³/mol. The summed E-state index contributed by atoms with van der Waals surface area (Å²) in [5.41, 5.74) is 18.5. The lowest BCUT2D eigenvalue weighted by molar-refractivity contribution is 0.00578. The lowest BCUT2D eigenvalue weighted by atomic mass is 9.80. The number of nitrogens with one attached hydrogen (secondary N) is 2. The molecule has 7 heterocycles. The van der Waals surface area contributed by atoms with E-state index >= 15 is 0 Å². The Morgan fingerprint density at radius 1 is 0.688 bits per heavy atom. The number of alkyl halides is 1. The quantitative estimate of drug-likeness (QED) is 0.0439. The van der Waals surface area contributed by atoms with Gasteiger partial charge in [-0.1, -0.05) is 30.0 Å². The fourth-order valence-electron chi connectivity index (χ4n) is 9.67. The van der Waals surface area contributed by atoms with Crippen LogP contribution in [0, 0.1) is 59.2 Å². The van der Waals surface area contributed by atoms with Crippen LogP contribution < -0.4 is 22.2 Å². The van der Waals surface area contributed by atoms with E-state index in [2.05, 4.69) is 131 Å². The van der Waals surface area contributed by atoms with Gasteiger partial charge in [-0.2, -0.15) is 41.4 Å². The van der Waals surface area contributed by atoms with Crippen molar-refractivity contribution in [2.24, 2.45) is 0 Å². The summed E-state index contributed by atoms with van der Waals surface area (Å²) in [4.78, 5) is 24.1. The molecule has 2 saturated heterocycles. The van der Waals surface area contributed by atoms with Crippen LogP contribution in [0.2, 0.25) is 0 Å². The van der Waals surface area contributed by atoms with Gasteiger partial charge in [0.2, 0.25) is 0 Å². The molecule has 486 valence electrons. The van der Waals surface area contributed by atoms with Crippen molar-refractivity contribution in [3.63, 3.8) is 0 Å². The summed E-state index contributed by atoms with van der Waals surface area (Å²) < 4.78 is 37.8. The van der Waals surface area contributed by atoms with Gasteiger partial charge in [0, 0.05) is 102 Å². The minimum Gasteiger partial charge on any atom is -0.399 e. The van der Waals surface area contributed by atoms with Gasteiger partial charge in [0.1, 0.15) is 5.82 Å². The molecule has 0 unspecified atom stereocenters. The number of aryl methyl sites for hydroxylation is 2. The Kier molecular flexibility index (Phi) is 26.0. The van der Waals surface area contributed by atoms with Gasteiger partial charge in [-0.15, -0.1) is 0 Å². The van der Waals surface area contributed by atoms with Crippen molar-refractivity contribution in [3.05, 3.63) is 146 Å². The molecule has 4 aromatic carbocycles. The van der Waals surface area contributed by atoms with Crippen molar-refractivity contribution in [2.75, 3.05) is 29.2 Å². The first kappa shape index (κ1) is 72.5. The number of nitrogens with zero attached hydrogens (tertiary/aromatic N) is 13. The SMILES string of the molecule is C.C1CCOC1.Cc1cc(-c2nc3ccc(C#N)cc3n2C2CC2)cnn1.Cc1cc(B2OC(C)(C)C(C)(C)O2)cnn1.N#Cc1ccc(N)c(NC2CC2)c1.N#Cc1ccc2[nH]c(=O)n(C3CC3)c2c1.N#Cc1ccc2nc(Br)n(C3CC3)c2c1.O=P(Br)(Br)Br.[2H]CI. The van der Waals surface area contributed by atoms with Crippen LogP contribution in [0.15, 0.2) is 107 Å². The molecule has 0 amide bonds. The van der Waals surface area contributed by atoms with Crippen LogP contribution in [0.5, 0.6) is 0 Å². The molecular weight excluding hydrogens is 1570 g/mol. The van der Waals surface area contributed by atoms with Crippen LogP contribution in [-0.2, 0) is 18.6 Å². The standard InChI is InChI=1S/C16H13N5.C11H17BN2O2.C11H8BrN3.C11H9N3O.C10H11N3.C4H8O.CH3I.CH4.Br3OP/c1-10-6-12(9-18-20-10)16-19-14-5-2-11(8-17)7-15(14)21(16)13-3-4-13;1-8-6-9(7-13-14-8)12-15-10(2,3)11(4,5)16-12;12-11-14-9-4-1-7(6-13)5-10(9)15(11)8-2-3-8;12-6-7-1-4-9-10(5-7)14(8-2-3-8)11(15)13-9;11-6-7-1-4-9(12)10(5-7)13-8-2-3-8;1-2-4-5-3-1;1-2;;1-5(2,3)4/h2,5-7,9,13H,3-4H2,1H3;6-7H,1-5H3;1,4-5,8H,2-3H2;1,4-5,8H,2-3H2,(H,13,15);1,4-5,8,13H,2-3,12H2;1-4H2;1H3;1H4;/i;;;;;;1D;;. The van der Waals surface area contributed by atoms with Crippen LogP contribution in [0.3, 0.4) is 0 Å². The van der Waals surface area contributed by atoms with E-state index in [1.165, 1.54) is 38.5 Å². The van der Waals surface area contributed by atoms with Gasteiger partial charge in [0.05, 0.1) is 120 Å². The van der Waals surface area contributed by atoms with Gasteiger partial charge in [0.25, 0.3) is 3.25 Å². The summed E-state index contributed by atoms with van der Waals surface area (Å²) in [5, 5.41) is 54.6. The van der Waals surface area contributed by atoms with Gasteiger partial charge in [-0.3, -0.25) is 9.13 Å². The normalized spacial score (nSPS) is 16.3. The van der Waals surface area contributed by atoms with Gasteiger partial charge in [-0.25, -0.2) is 14.8 Å². The minimum atomic E-state index is -2.20. The maximum absolute atomic E-state index is 11.6. The maximum Gasteiger partial charge on any atom is 0.496 e. The highest BCUT2D eigenvalue weighted by atomic mass is 127. The number of nitrogen functional groups attached to an aromatic ring is 1. The molecule has 15 rings (SSSR count). The Bertz CT molecular complexity index is 4350. The van der Waals surface area contributed by atoms with Crippen molar-refractivity contribution < 1.29 is 20.0 Å². The number of halogens is 5. The Morgan fingerprint density at radius 3 is 1.65 bits per heavy atom. The van der Waals surface area contributed by atoms with Crippen molar-refractivity contribution in [2.45, 2.75) is 149 Å². The van der Waals surface area contributed by atoms with E-state index in [1.807, 2.05) is 107 Å². The number of nitrogens with two attached hydrogens (primary N) is 1. The topological polar surface area (TPSA) is 303 Å². The van der Waals surface area contributed by atoms with Gasteiger partial charge < -0.3 is 39.2 Å². The Balaban J connectivity index is 0.000000159. The number of hydrogen-bond donors (Lipinski definition) is 3. The zero-order valence-electron chi connectivity index (χ0n) is 52.6. The first-order valence-electron chi connectivity index (χ1n) is 30.3. The smallest absolute Gasteiger partial charge is 0.399 e. The average Bonchev–Trinajstić information content (AvgIpc) is 1.63. The number of H-pyrrole nitrogens is 1. The minimum absolute atomic E-state index is 0. The van der Waals surface area contributed by atoms with Crippen molar-refractivity contribution in [1.82, 2.24) is 49.0 Å². The van der Waals surface area contributed by atoms with E-state index in [-0.39, 0.29) is 31.4 Å². The first-order valence-corrected chi connectivity index (χ1v) is 39.7. The number of aromatic nitrogens is 10. The number of ether oxygens (including phenoxy) is 1. The first-order chi connectivity index (χ1) is 44.4. The van der Waals surface area contributed by atoms with E-state index in [0.29, 0.717) is 57.0 Å². The Labute approximate surface area is 590 Å². The van der Waals surface area contributed by atoms with E-state index in [4.69, 9.17) is 47.2 Å². The summed E-state index contributed by atoms with van der Waals surface area (Å²) in [6.07, 6.45) is 15.3. The van der Waals surface area contributed by atoms with Crippen molar-refractivity contribution >= 4 is 145 Å². The highest BCUT2D eigenvalue weighted by Gasteiger charge is 2.52. The molecule has 4 saturated carbocycles. The predicted octanol–water partition coefficient (Wildman–Crippen LogP) is 16.1. The maximum atomic E-state index is 11.6. The molecule has 0 radical (unpaired) electrons. The van der Waals surface area contributed by atoms with Crippen molar-refractivity contribution in [3.8, 4) is 35.7 Å². The van der Waals surface area contributed by atoms with Crippen LogP contribution in [0.1, 0.15) is 152 Å². The largest absolute Gasteiger partial charge is 0.496 e. The second-order valence-corrected chi connectivity index (χ2v) is 42.4. The fraction of sp³-hybridized carbons (Fsp3) is 0.400. The molecule has 21 nitrogen and oxygen atoms in total. The Morgan fingerprint density at radius 2 is 1.15 bits per heavy atom. The van der Waals surface area contributed by atoms with Crippen LogP contribution >= 0.6 is 88.2 Å². The molecule has 0 bridgehead atoms. The van der Waals surface area contributed by atoms with E-state index in [0.717, 1.165) is 111 Å². The van der Waals surface area contributed by atoms with E-state index in [9.17, 15) is 9.36 Å². The highest BCUT2D eigenvalue weighted by molar-refractivity contribution is 14.1. The third-order valence-electron chi connectivity index (χ3n) is 15.5. The number of benzene rings is 4. The lowest BCUT2D eigenvalue weighted by Crippen LogP contribution is -2.41. The molecule has 93 heavy (non-hydrogen) atoms. The number of anilines is 2. The number of rotatable bonds is 7. The van der Waals surface area contributed by atoms with E-state index < -0.39 is 3.25 Å². The van der Waals surface area contributed by atoms with Crippen LogP contribution in [0.4, 0.5) is 11.4 Å². The summed E-state index contributed by atoms with van der Waals surface area (Å²) in [6.45, 7) is 14.0. The van der Waals surface area contributed by atoms with Crippen LogP contribution in [0.25, 0.3) is 44.5 Å². The van der Waals surface area contributed by atoms with Gasteiger partial charge in [-0.05, 0) is 212 Å². The summed E-state index contributed by atoms with van der Waals surface area (Å²) in [5.74, 6) is 0.917. The molecule has 4 aliphatic carbocycles. The zero-order valence-corrected chi connectivity index (χ0v) is 61.0. The molecule has 2 aliphatic heterocycles. The molecule has 0 atom stereocenters. The highest BCUT2D eigenvalue weighted by Crippen LogP contribution is 2.68. The third kappa shape index (κ3) is 20.8. The number of hydrogen-bond acceptors (Lipinski definition) is 17. The van der Waals surface area contributed by atoms with E-state index in [1.54, 1.807) is 59.4 Å². The number of imidazole rings is 3. The van der Waals surface area contributed by atoms with Crippen molar-refractivity contribution in [1.29, 1.82) is 21.0 Å². The van der Waals surface area contributed by atoms with Gasteiger partial charge in [0.15, 0.2) is 4.73 Å². The molecule has 6 aliphatic rings. The van der Waals surface area contributed by atoms with Crippen LogP contribution in [-0.4, -0.2) is 91.5 Å². The molecule has 0 spiro atoms. The molecule has 28 heteroatoms. The number of aromatic amines is 1.